The van der Waals surface area contributed by atoms with Crippen LogP contribution in [0.4, 0.5) is 0 Å². The SMILES string of the molecule is CCCCC/C=C\C/C=C\C/C=C\CCCCC(=O)O[C@H](COC(=O)CCCCCCCCCCCCCCCC)COC(=O)CCCCCCCCCCCCCCCCCC. The molecule has 0 aromatic rings. The first-order valence-corrected chi connectivity index (χ1v) is 27.5. The smallest absolute Gasteiger partial charge is 0.306 e. The summed E-state index contributed by atoms with van der Waals surface area (Å²) in [5.41, 5.74) is 0. The van der Waals surface area contributed by atoms with Crippen LogP contribution in [0.2, 0.25) is 0 Å². The quantitative estimate of drug-likeness (QED) is 0.0262. The number of carbonyl (C=O) groups is 3. The van der Waals surface area contributed by atoms with Crippen LogP contribution in [0.25, 0.3) is 0 Å². The molecular formula is C57H104O6. The molecule has 0 radical (unpaired) electrons. The minimum atomic E-state index is -0.787. The van der Waals surface area contributed by atoms with Crippen molar-refractivity contribution < 1.29 is 28.6 Å². The Bertz CT molecular complexity index is 1060. The van der Waals surface area contributed by atoms with E-state index in [2.05, 4.69) is 57.2 Å². The van der Waals surface area contributed by atoms with Crippen molar-refractivity contribution in [1.82, 2.24) is 0 Å². The fraction of sp³-hybridized carbons (Fsp3) is 0.842. The Labute approximate surface area is 391 Å². The predicted octanol–water partition coefficient (Wildman–Crippen LogP) is 18.1. The molecule has 0 rings (SSSR count). The summed E-state index contributed by atoms with van der Waals surface area (Å²) in [5, 5.41) is 0. The number of esters is 3. The first-order valence-electron chi connectivity index (χ1n) is 27.5. The fourth-order valence-corrected chi connectivity index (χ4v) is 7.98. The van der Waals surface area contributed by atoms with Gasteiger partial charge in [-0.25, -0.2) is 0 Å². The molecule has 0 amide bonds. The zero-order valence-corrected chi connectivity index (χ0v) is 42.1. The highest BCUT2D eigenvalue weighted by Crippen LogP contribution is 2.16. The van der Waals surface area contributed by atoms with E-state index in [4.69, 9.17) is 14.2 Å². The number of unbranched alkanes of at least 4 members (excludes halogenated alkanes) is 33. The van der Waals surface area contributed by atoms with Crippen molar-refractivity contribution in [3.05, 3.63) is 36.5 Å². The van der Waals surface area contributed by atoms with Gasteiger partial charge in [-0.1, -0.05) is 250 Å². The van der Waals surface area contributed by atoms with E-state index in [0.717, 1.165) is 64.2 Å². The Morgan fingerprint density at radius 2 is 0.571 bits per heavy atom. The van der Waals surface area contributed by atoms with Gasteiger partial charge in [-0.15, -0.1) is 0 Å². The maximum absolute atomic E-state index is 12.8. The summed E-state index contributed by atoms with van der Waals surface area (Å²) in [6, 6.07) is 0. The Morgan fingerprint density at radius 1 is 0.317 bits per heavy atom. The lowest BCUT2D eigenvalue weighted by Gasteiger charge is -2.18. The molecule has 0 aliphatic rings. The molecular weight excluding hydrogens is 781 g/mol. The number of hydrogen-bond acceptors (Lipinski definition) is 6. The van der Waals surface area contributed by atoms with Gasteiger partial charge in [-0.05, 0) is 57.8 Å². The highest BCUT2D eigenvalue weighted by molar-refractivity contribution is 5.71. The third kappa shape index (κ3) is 50.5. The van der Waals surface area contributed by atoms with Crippen LogP contribution in [0.1, 0.15) is 290 Å². The van der Waals surface area contributed by atoms with Gasteiger partial charge in [-0.3, -0.25) is 14.4 Å². The Kier molecular flexibility index (Phi) is 50.3. The molecule has 0 bridgehead atoms. The Balaban J connectivity index is 4.39. The lowest BCUT2D eigenvalue weighted by atomic mass is 10.0. The van der Waals surface area contributed by atoms with E-state index in [1.165, 1.54) is 180 Å². The van der Waals surface area contributed by atoms with E-state index in [0.29, 0.717) is 19.3 Å². The van der Waals surface area contributed by atoms with Crippen molar-refractivity contribution in [2.45, 2.75) is 297 Å². The molecule has 0 unspecified atom stereocenters. The van der Waals surface area contributed by atoms with Gasteiger partial charge in [0.15, 0.2) is 6.10 Å². The minimum absolute atomic E-state index is 0.0829. The average molecular weight is 885 g/mol. The molecule has 0 heterocycles. The first kappa shape index (κ1) is 60.6. The predicted molar refractivity (Wildman–Crippen MR) is 270 cm³/mol. The summed E-state index contributed by atoms with van der Waals surface area (Å²) in [6.07, 6.45) is 61.3. The third-order valence-corrected chi connectivity index (χ3v) is 12.1. The van der Waals surface area contributed by atoms with Crippen LogP contribution in [0.15, 0.2) is 36.5 Å². The van der Waals surface area contributed by atoms with E-state index in [-0.39, 0.29) is 37.5 Å². The van der Waals surface area contributed by atoms with Crippen molar-refractivity contribution in [2.24, 2.45) is 0 Å². The normalized spacial score (nSPS) is 12.2. The highest BCUT2D eigenvalue weighted by Gasteiger charge is 2.19. The zero-order valence-electron chi connectivity index (χ0n) is 42.1. The molecule has 0 aliphatic heterocycles. The summed E-state index contributed by atoms with van der Waals surface area (Å²) in [6.45, 7) is 6.61. The highest BCUT2D eigenvalue weighted by atomic mass is 16.6. The molecule has 0 aromatic heterocycles. The van der Waals surface area contributed by atoms with Gasteiger partial charge in [-0.2, -0.15) is 0 Å². The van der Waals surface area contributed by atoms with Crippen LogP contribution in [0.5, 0.6) is 0 Å². The first-order chi connectivity index (χ1) is 31.0. The monoisotopic (exact) mass is 885 g/mol. The summed E-state index contributed by atoms with van der Waals surface area (Å²) >= 11 is 0. The Morgan fingerprint density at radius 3 is 0.921 bits per heavy atom. The molecule has 0 spiro atoms. The van der Waals surface area contributed by atoms with Crippen molar-refractivity contribution in [1.29, 1.82) is 0 Å². The van der Waals surface area contributed by atoms with Crippen LogP contribution < -0.4 is 0 Å². The van der Waals surface area contributed by atoms with Crippen LogP contribution in [-0.4, -0.2) is 37.2 Å². The third-order valence-electron chi connectivity index (χ3n) is 12.1. The second-order valence-electron chi connectivity index (χ2n) is 18.5. The van der Waals surface area contributed by atoms with Gasteiger partial charge in [0.05, 0.1) is 0 Å². The standard InChI is InChI=1S/C57H104O6/c1-4-7-10-13-16-19-22-25-28-30-32-35-38-41-44-47-50-56(59)62-53-54(52-61-55(58)49-46-43-40-37-34-31-27-24-21-18-15-12-9-6-3)63-57(60)51-48-45-42-39-36-33-29-26-23-20-17-14-11-8-5-2/h17,20,26,29,36,39,54H,4-16,18-19,21-25,27-28,30-35,37-38,40-53H2,1-3H3/b20-17-,29-26-,39-36-/t54-/m1/s1. The van der Waals surface area contributed by atoms with Crippen LogP contribution in [0.3, 0.4) is 0 Å². The molecule has 0 aromatic carbocycles. The van der Waals surface area contributed by atoms with Gasteiger partial charge in [0.1, 0.15) is 13.2 Å². The van der Waals surface area contributed by atoms with E-state index in [1.54, 1.807) is 0 Å². The Hall–Kier alpha value is -2.37. The largest absolute Gasteiger partial charge is 0.462 e. The average Bonchev–Trinajstić information content (AvgIpc) is 3.28. The molecule has 63 heavy (non-hydrogen) atoms. The number of carbonyl (C=O) groups excluding carboxylic acids is 3. The van der Waals surface area contributed by atoms with E-state index in [1.807, 2.05) is 0 Å². The summed E-state index contributed by atoms with van der Waals surface area (Å²) < 4.78 is 16.8. The minimum Gasteiger partial charge on any atom is -0.462 e. The van der Waals surface area contributed by atoms with Crippen molar-refractivity contribution in [3.63, 3.8) is 0 Å². The summed E-state index contributed by atoms with van der Waals surface area (Å²) in [5.74, 6) is -0.905. The van der Waals surface area contributed by atoms with Crippen molar-refractivity contribution in [2.75, 3.05) is 13.2 Å². The number of hydrogen-bond donors (Lipinski definition) is 0. The number of rotatable bonds is 50. The van der Waals surface area contributed by atoms with E-state index < -0.39 is 6.10 Å². The summed E-state index contributed by atoms with van der Waals surface area (Å²) in [4.78, 5) is 38.0. The van der Waals surface area contributed by atoms with E-state index >= 15 is 0 Å². The van der Waals surface area contributed by atoms with E-state index in [9.17, 15) is 14.4 Å². The topological polar surface area (TPSA) is 78.9 Å². The molecule has 368 valence electrons. The van der Waals surface area contributed by atoms with Gasteiger partial charge in [0.2, 0.25) is 0 Å². The molecule has 6 nitrogen and oxygen atoms in total. The molecule has 1 atom stereocenters. The maximum atomic E-state index is 12.8. The second kappa shape index (κ2) is 52.3. The fourth-order valence-electron chi connectivity index (χ4n) is 7.98. The van der Waals surface area contributed by atoms with Gasteiger partial charge in [0, 0.05) is 19.3 Å². The molecule has 0 aliphatic carbocycles. The molecule has 0 saturated heterocycles. The van der Waals surface area contributed by atoms with Crippen molar-refractivity contribution >= 4 is 17.9 Å². The lowest BCUT2D eigenvalue weighted by Crippen LogP contribution is -2.30. The van der Waals surface area contributed by atoms with Crippen LogP contribution in [0, 0.1) is 0 Å². The lowest BCUT2D eigenvalue weighted by molar-refractivity contribution is -0.167. The zero-order chi connectivity index (χ0) is 45.8. The number of allylic oxidation sites excluding steroid dienone is 6. The van der Waals surface area contributed by atoms with Crippen LogP contribution in [-0.2, 0) is 28.6 Å². The van der Waals surface area contributed by atoms with Gasteiger partial charge >= 0.3 is 17.9 Å². The maximum Gasteiger partial charge on any atom is 0.306 e. The van der Waals surface area contributed by atoms with Gasteiger partial charge < -0.3 is 14.2 Å². The molecule has 0 fully saturated rings. The van der Waals surface area contributed by atoms with Gasteiger partial charge in [0.25, 0.3) is 0 Å². The molecule has 6 heteroatoms. The molecule has 0 N–H and O–H groups in total. The molecule has 0 saturated carbocycles. The second-order valence-corrected chi connectivity index (χ2v) is 18.5. The number of ether oxygens (including phenoxy) is 3. The van der Waals surface area contributed by atoms with Crippen LogP contribution >= 0.6 is 0 Å². The van der Waals surface area contributed by atoms with Crippen molar-refractivity contribution in [3.8, 4) is 0 Å². The summed E-state index contributed by atoms with van der Waals surface area (Å²) in [7, 11) is 0.